The molecule has 1 amide bonds. The predicted octanol–water partition coefficient (Wildman–Crippen LogP) is 2.61. The van der Waals surface area contributed by atoms with Crippen LogP contribution in [0.5, 0.6) is 5.88 Å². The first-order chi connectivity index (χ1) is 11.8. The molecule has 6 nitrogen and oxygen atoms in total. The Morgan fingerprint density at radius 2 is 2.08 bits per heavy atom. The minimum Gasteiger partial charge on any atom is -0.466 e. The van der Waals surface area contributed by atoms with E-state index >= 15 is 0 Å². The van der Waals surface area contributed by atoms with Crippen LogP contribution in [0.15, 0.2) is 6.07 Å². The molecule has 0 N–H and O–H groups in total. The smallest absolute Gasteiger partial charge is 0.260 e. The fraction of sp³-hybridized carbons (Fsp3) is 0.632. The summed E-state index contributed by atoms with van der Waals surface area (Å²) in [4.78, 5) is 19.2. The van der Waals surface area contributed by atoms with E-state index < -0.39 is 0 Å². The summed E-state index contributed by atoms with van der Waals surface area (Å²) in [5, 5.41) is 5.32. The zero-order valence-electron chi connectivity index (χ0n) is 15.7. The number of hydrogen-bond acceptors (Lipinski definition) is 4. The average molecular weight is 342 g/mol. The molecule has 0 radical (unpaired) electrons. The quantitative estimate of drug-likeness (QED) is 0.857. The van der Waals surface area contributed by atoms with E-state index in [2.05, 4.69) is 23.9 Å². The number of pyridine rings is 1. The monoisotopic (exact) mass is 342 g/mol. The van der Waals surface area contributed by atoms with Gasteiger partial charge < -0.3 is 9.64 Å². The molecule has 2 aromatic heterocycles. The van der Waals surface area contributed by atoms with Gasteiger partial charge in [0.15, 0.2) is 12.3 Å². The molecule has 25 heavy (non-hydrogen) atoms. The van der Waals surface area contributed by atoms with E-state index in [1.165, 1.54) is 12.8 Å². The number of fused-ring (bicyclic) bond motifs is 1. The number of nitrogens with zero attached hydrogens (tertiary/aromatic N) is 4. The summed E-state index contributed by atoms with van der Waals surface area (Å²) in [7, 11) is 1.85. The maximum atomic E-state index is 12.7. The Labute approximate surface area is 148 Å². The molecule has 1 atom stereocenters. The summed E-state index contributed by atoms with van der Waals surface area (Å²) in [6, 6.07) is 2.38. The molecule has 0 bridgehead atoms. The van der Waals surface area contributed by atoms with Crippen molar-refractivity contribution in [3.05, 3.63) is 17.3 Å². The number of carbonyl (C=O) groups is 1. The fourth-order valence-electron chi connectivity index (χ4n) is 4.35. The third-order valence-corrected chi connectivity index (χ3v) is 5.52. The molecule has 1 unspecified atom stereocenters. The van der Waals surface area contributed by atoms with E-state index in [9.17, 15) is 4.79 Å². The second-order valence-corrected chi connectivity index (χ2v) is 8.29. The van der Waals surface area contributed by atoms with Crippen molar-refractivity contribution in [2.24, 2.45) is 18.4 Å². The normalized spacial score (nSPS) is 22.1. The van der Waals surface area contributed by atoms with Crippen molar-refractivity contribution in [3.63, 3.8) is 0 Å². The van der Waals surface area contributed by atoms with E-state index in [-0.39, 0.29) is 17.9 Å². The topological polar surface area (TPSA) is 60.2 Å². The van der Waals surface area contributed by atoms with E-state index in [1.54, 1.807) is 4.68 Å². The number of hydrogen-bond donors (Lipinski definition) is 0. The third-order valence-electron chi connectivity index (χ3n) is 5.52. The Morgan fingerprint density at radius 3 is 2.72 bits per heavy atom. The van der Waals surface area contributed by atoms with Crippen LogP contribution in [0.25, 0.3) is 11.0 Å². The number of ether oxygens (including phenoxy) is 1. The highest BCUT2D eigenvalue weighted by atomic mass is 16.5. The molecule has 0 aromatic carbocycles. The van der Waals surface area contributed by atoms with Gasteiger partial charge in [-0.25, -0.2) is 9.67 Å². The lowest BCUT2D eigenvalue weighted by Gasteiger charge is -2.54. The van der Waals surface area contributed by atoms with Gasteiger partial charge in [0, 0.05) is 30.7 Å². The summed E-state index contributed by atoms with van der Waals surface area (Å²) in [6.07, 6.45) is 2.49. The highest BCUT2D eigenvalue weighted by molar-refractivity contribution is 5.86. The van der Waals surface area contributed by atoms with Gasteiger partial charge in [0.25, 0.3) is 5.91 Å². The summed E-state index contributed by atoms with van der Waals surface area (Å²) < 4.78 is 7.55. The molecule has 1 saturated carbocycles. The van der Waals surface area contributed by atoms with Gasteiger partial charge >= 0.3 is 0 Å². The maximum absolute atomic E-state index is 12.7. The summed E-state index contributed by atoms with van der Waals surface area (Å²) in [5.74, 6) is 1.24. The molecule has 6 heteroatoms. The average Bonchev–Trinajstić information content (AvgIpc) is 3.27. The second kappa shape index (κ2) is 5.44. The van der Waals surface area contributed by atoms with Gasteiger partial charge in [-0.3, -0.25) is 4.79 Å². The van der Waals surface area contributed by atoms with Crippen LogP contribution in [0.2, 0.25) is 0 Å². The molecule has 4 rings (SSSR count). The summed E-state index contributed by atoms with van der Waals surface area (Å²) in [6.45, 7) is 9.36. The van der Waals surface area contributed by atoms with Crippen molar-refractivity contribution >= 4 is 16.9 Å². The number of rotatable bonds is 4. The minimum atomic E-state index is 0.0404. The van der Waals surface area contributed by atoms with Crippen LogP contribution in [0.1, 0.15) is 37.9 Å². The molecule has 0 spiro atoms. The Hall–Kier alpha value is -2.11. The van der Waals surface area contributed by atoms with Gasteiger partial charge in [-0.1, -0.05) is 13.8 Å². The first-order valence-electron chi connectivity index (χ1n) is 9.01. The number of aryl methyl sites for hydroxylation is 3. The first kappa shape index (κ1) is 16.4. The lowest BCUT2D eigenvalue weighted by molar-refractivity contribution is -0.155. The Balaban J connectivity index is 1.50. The van der Waals surface area contributed by atoms with Crippen LogP contribution in [0.4, 0.5) is 0 Å². The number of carbonyl (C=O) groups excluding carboxylic acids is 1. The van der Waals surface area contributed by atoms with Crippen molar-refractivity contribution in [2.45, 2.75) is 46.6 Å². The van der Waals surface area contributed by atoms with Crippen molar-refractivity contribution in [2.75, 3.05) is 13.2 Å². The first-order valence-corrected chi connectivity index (χ1v) is 9.01. The molecule has 3 heterocycles. The van der Waals surface area contributed by atoms with Gasteiger partial charge in [-0.15, -0.1) is 5.10 Å². The van der Waals surface area contributed by atoms with Crippen LogP contribution in [0, 0.1) is 25.2 Å². The molecular formula is C19H26N4O2. The zero-order valence-corrected chi connectivity index (χ0v) is 15.7. The van der Waals surface area contributed by atoms with Crippen LogP contribution in [-0.2, 0) is 11.8 Å². The van der Waals surface area contributed by atoms with Crippen LogP contribution < -0.4 is 4.74 Å². The molecular weight excluding hydrogens is 316 g/mol. The fourth-order valence-corrected chi connectivity index (χ4v) is 4.35. The largest absolute Gasteiger partial charge is 0.466 e. The van der Waals surface area contributed by atoms with Gasteiger partial charge in [0.1, 0.15) is 0 Å². The van der Waals surface area contributed by atoms with E-state index in [0.29, 0.717) is 17.8 Å². The van der Waals surface area contributed by atoms with E-state index in [1.807, 2.05) is 31.9 Å². The van der Waals surface area contributed by atoms with E-state index in [0.717, 1.165) is 28.8 Å². The number of aromatic nitrogens is 3. The highest BCUT2D eigenvalue weighted by Crippen LogP contribution is 2.50. The van der Waals surface area contributed by atoms with Crippen molar-refractivity contribution in [3.8, 4) is 5.88 Å². The van der Waals surface area contributed by atoms with Crippen LogP contribution in [0.3, 0.4) is 0 Å². The Morgan fingerprint density at radius 1 is 1.36 bits per heavy atom. The minimum absolute atomic E-state index is 0.0404. The van der Waals surface area contributed by atoms with Crippen molar-refractivity contribution in [1.29, 1.82) is 0 Å². The number of amides is 1. The van der Waals surface area contributed by atoms with Crippen LogP contribution in [-0.4, -0.2) is 44.8 Å². The molecule has 2 fully saturated rings. The van der Waals surface area contributed by atoms with E-state index in [4.69, 9.17) is 4.74 Å². The molecule has 134 valence electrons. The maximum Gasteiger partial charge on any atom is 0.260 e. The zero-order chi connectivity index (χ0) is 17.9. The van der Waals surface area contributed by atoms with Crippen molar-refractivity contribution in [1.82, 2.24) is 19.7 Å². The molecule has 1 aliphatic heterocycles. The van der Waals surface area contributed by atoms with Gasteiger partial charge in [-0.2, -0.15) is 0 Å². The third kappa shape index (κ3) is 2.68. The SMILES string of the molecule is Cc1cc(C)c2c(OCC(=O)N3CC(C)(C)C3C3CC3)nn(C)c2n1. The van der Waals surface area contributed by atoms with Gasteiger partial charge in [0.05, 0.1) is 5.39 Å². The molecule has 1 saturated heterocycles. The number of likely N-dealkylation sites (tertiary alicyclic amines) is 1. The predicted molar refractivity (Wildman–Crippen MR) is 95.5 cm³/mol. The highest BCUT2D eigenvalue weighted by Gasteiger charge is 2.54. The molecule has 1 aliphatic carbocycles. The molecule has 2 aliphatic rings. The summed E-state index contributed by atoms with van der Waals surface area (Å²) in [5.41, 5.74) is 3.04. The van der Waals surface area contributed by atoms with Crippen molar-refractivity contribution < 1.29 is 9.53 Å². The van der Waals surface area contributed by atoms with Crippen LogP contribution >= 0.6 is 0 Å². The molecule has 2 aromatic rings. The van der Waals surface area contributed by atoms with Gasteiger partial charge in [0.2, 0.25) is 5.88 Å². The summed E-state index contributed by atoms with van der Waals surface area (Å²) >= 11 is 0. The lowest BCUT2D eigenvalue weighted by atomic mass is 9.72. The van der Waals surface area contributed by atoms with Gasteiger partial charge in [-0.05, 0) is 44.2 Å². The lowest BCUT2D eigenvalue weighted by Crippen LogP contribution is -2.65. The Kier molecular flexibility index (Phi) is 3.56. The Bertz CT molecular complexity index is 851. The second-order valence-electron chi connectivity index (χ2n) is 8.29. The standard InChI is InChI=1S/C19H26N4O2/c1-11-8-12(2)20-17-15(11)18(21-22(17)5)25-9-14(24)23-10-19(3,4)16(23)13-6-7-13/h8,13,16H,6-7,9-10H2,1-5H3.